The molecule has 1 saturated heterocycles. The molecular formula is C20H22F2N6O. The molecule has 3 N–H and O–H groups in total. The van der Waals surface area contributed by atoms with Crippen molar-refractivity contribution in [3.8, 4) is 0 Å². The summed E-state index contributed by atoms with van der Waals surface area (Å²) in [5.41, 5.74) is 6.55. The lowest BCUT2D eigenvalue weighted by Crippen LogP contribution is -2.26. The third kappa shape index (κ3) is 3.77. The largest absolute Gasteiger partial charge is 0.352 e. The maximum absolute atomic E-state index is 14.3. The molecule has 3 heterocycles. The van der Waals surface area contributed by atoms with Crippen molar-refractivity contribution in [1.82, 2.24) is 19.9 Å². The van der Waals surface area contributed by atoms with E-state index in [1.807, 2.05) is 4.90 Å². The number of nitrogens with zero attached hydrogens (tertiary/aromatic N) is 4. The molecule has 9 heteroatoms. The van der Waals surface area contributed by atoms with Gasteiger partial charge in [-0.2, -0.15) is 5.10 Å². The van der Waals surface area contributed by atoms with Crippen molar-refractivity contribution in [2.75, 3.05) is 24.5 Å². The van der Waals surface area contributed by atoms with E-state index in [1.165, 1.54) is 16.8 Å². The molecule has 29 heavy (non-hydrogen) atoms. The summed E-state index contributed by atoms with van der Waals surface area (Å²) < 4.78 is 29.6. The first-order valence-corrected chi connectivity index (χ1v) is 9.62. The topological polar surface area (TPSA) is 88.5 Å². The molecular weight excluding hydrogens is 378 g/mol. The van der Waals surface area contributed by atoms with Gasteiger partial charge in [0.1, 0.15) is 23.0 Å². The molecule has 0 spiro atoms. The van der Waals surface area contributed by atoms with Crippen LogP contribution in [0.5, 0.6) is 0 Å². The standard InChI is InChI=1S/C20H22F2N6O/c21-13-4-5-16(22)14(11-13)17-3-1-9-27(17)18-6-10-28-19(26-18)15(12-25-28)20(29)24-8-2-7-23/h4-6,10-12,17H,1-3,7-9,23H2,(H,24,29)/t17-/m1/s1. The van der Waals surface area contributed by atoms with Crippen molar-refractivity contribution in [1.29, 1.82) is 0 Å². The van der Waals surface area contributed by atoms with Crippen LogP contribution in [0.4, 0.5) is 14.6 Å². The number of benzene rings is 1. The fourth-order valence-corrected chi connectivity index (χ4v) is 3.71. The van der Waals surface area contributed by atoms with E-state index < -0.39 is 11.6 Å². The summed E-state index contributed by atoms with van der Waals surface area (Å²) in [6, 6.07) is 4.96. The zero-order chi connectivity index (χ0) is 20.4. The van der Waals surface area contributed by atoms with Crippen molar-refractivity contribution < 1.29 is 13.6 Å². The van der Waals surface area contributed by atoms with Crippen LogP contribution < -0.4 is 16.0 Å². The number of nitrogens with two attached hydrogens (primary N) is 1. The molecule has 7 nitrogen and oxygen atoms in total. The lowest BCUT2D eigenvalue weighted by Gasteiger charge is -2.26. The Hall–Kier alpha value is -3.07. The second kappa shape index (κ2) is 8.12. The smallest absolute Gasteiger partial charge is 0.256 e. The molecule has 1 fully saturated rings. The van der Waals surface area contributed by atoms with Gasteiger partial charge in [0.15, 0.2) is 5.65 Å². The van der Waals surface area contributed by atoms with Gasteiger partial charge in [-0.05, 0) is 50.1 Å². The Labute approximate surface area is 166 Å². The van der Waals surface area contributed by atoms with Crippen LogP contribution >= 0.6 is 0 Å². The molecule has 0 saturated carbocycles. The number of hydrogen-bond acceptors (Lipinski definition) is 5. The molecule has 2 aromatic heterocycles. The second-order valence-corrected chi connectivity index (χ2v) is 7.03. The maximum atomic E-state index is 14.3. The lowest BCUT2D eigenvalue weighted by atomic mass is 10.0. The number of aromatic nitrogens is 3. The summed E-state index contributed by atoms with van der Waals surface area (Å²) in [4.78, 5) is 19.0. The van der Waals surface area contributed by atoms with Crippen molar-refractivity contribution in [3.63, 3.8) is 0 Å². The zero-order valence-corrected chi connectivity index (χ0v) is 15.8. The number of anilines is 1. The summed E-state index contributed by atoms with van der Waals surface area (Å²) in [6.45, 7) is 1.62. The minimum Gasteiger partial charge on any atom is -0.352 e. The van der Waals surface area contributed by atoms with E-state index in [0.29, 0.717) is 55.1 Å². The van der Waals surface area contributed by atoms with Gasteiger partial charge < -0.3 is 16.0 Å². The molecule has 1 amide bonds. The van der Waals surface area contributed by atoms with Gasteiger partial charge in [0.25, 0.3) is 5.91 Å². The van der Waals surface area contributed by atoms with Gasteiger partial charge in [0.2, 0.25) is 0 Å². The molecule has 1 aliphatic heterocycles. The maximum Gasteiger partial charge on any atom is 0.256 e. The van der Waals surface area contributed by atoms with Gasteiger partial charge in [-0.25, -0.2) is 18.3 Å². The van der Waals surface area contributed by atoms with E-state index in [4.69, 9.17) is 5.73 Å². The first-order valence-electron chi connectivity index (χ1n) is 9.62. The highest BCUT2D eigenvalue weighted by Gasteiger charge is 2.30. The summed E-state index contributed by atoms with van der Waals surface area (Å²) in [5, 5.41) is 6.98. The van der Waals surface area contributed by atoms with Gasteiger partial charge in [-0.1, -0.05) is 0 Å². The highest BCUT2D eigenvalue weighted by Crippen LogP contribution is 2.36. The minimum absolute atomic E-state index is 0.271. The van der Waals surface area contributed by atoms with E-state index in [1.54, 1.807) is 12.3 Å². The van der Waals surface area contributed by atoms with Crippen LogP contribution in [0.3, 0.4) is 0 Å². The molecule has 1 aliphatic rings. The van der Waals surface area contributed by atoms with E-state index in [-0.39, 0.29) is 11.9 Å². The summed E-state index contributed by atoms with van der Waals surface area (Å²) in [5.74, 6) is -0.579. The number of halogens is 2. The fraction of sp³-hybridized carbons (Fsp3) is 0.350. The molecule has 1 atom stereocenters. The van der Waals surface area contributed by atoms with Crippen molar-refractivity contribution in [2.45, 2.75) is 25.3 Å². The molecule has 0 aliphatic carbocycles. The molecule has 3 aromatic rings. The first kappa shape index (κ1) is 19.3. The lowest BCUT2D eigenvalue weighted by molar-refractivity contribution is 0.0955. The first-order chi connectivity index (χ1) is 14.1. The number of hydrogen-bond donors (Lipinski definition) is 2. The third-order valence-corrected chi connectivity index (χ3v) is 5.13. The SMILES string of the molecule is NCCCNC(=O)c1cnn2ccc(N3CCC[C@@H]3c3cc(F)ccc3F)nc12. The van der Waals surface area contributed by atoms with Gasteiger partial charge in [-0.3, -0.25) is 4.79 Å². The van der Waals surface area contributed by atoms with E-state index in [0.717, 1.165) is 18.6 Å². The fourth-order valence-electron chi connectivity index (χ4n) is 3.71. The van der Waals surface area contributed by atoms with Crippen molar-refractivity contribution in [3.05, 3.63) is 59.4 Å². The molecule has 152 valence electrons. The van der Waals surface area contributed by atoms with Crippen LogP contribution in [-0.4, -0.2) is 40.1 Å². The average molecular weight is 400 g/mol. The predicted octanol–water partition coefficient (Wildman–Crippen LogP) is 2.43. The molecule has 1 aromatic carbocycles. The Balaban J connectivity index is 1.65. The summed E-state index contributed by atoms with van der Waals surface area (Å²) in [7, 11) is 0. The molecule has 4 rings (SSSR count). The third-order valence-electron chi connectivity index (χ3n) is 5.13. The number of nitrogens with one attached hydrogen (secondary N) is 1. The monoisotopic (exact) mass is 400 g/mol. The van der Waals surface area contributed by atoms with E-state index >= 15 is 0 Å². The van der Waals surface area contributed by atoms with Gasteiger partial charge in [0, 0.05) is 24.8 Å². The Morgan fingerprint density at radius 1 is 1.31 bits per heavy atom. The van der Waals surface area contributed by atoms with Crippen molar-refractivity contribution >= 4 is 17.4 Å². The number of rotatable bonds is 6. The van der Waals surface area contributed by atoms with Gasteiger partial charge in [-0.15, -0.1) is 0 Å². The van der Waals surface area contributed by atoms with Crippen LogP contribution in [0, 0.1) is 11.6 Å². The summed E-state index contributed by atoms with van der Waals surface area (Å²) >= 11 is 0. The minimum atomic E-state index is -0.469. The molecule has 0 bridgehead atoms. The van der Waals surface area contributed by atoms with Crippen LogP contribution in [0.15, 0.2) is 36.7 Å². The predicted molar refractivity (Wildman–Crippen MR) is 105 cm³/mol. The van der Waals surface area contributed by atoms with Crippen LogP contribution in [0.1, 0.15) is 41.2 Å². The van der Waals surface area contributed by atoms with Crippen LogP contribution in [-0.2, 0) is 0 Å². The Morgan fingerprint density at radius 3 is 3.00 bits per heavy atom. The van der Waals surface area contributed by atoms with Crippen LogP contribution in [0.25, 0.3) is 5.65 Å². The van der Waals surface area contributed by atoms with Gasteiger partial charge in [0.05, 0.1) is 12.2 Å². The Kier molecular flexibility index (Phi) is 5.39. The van der Waals surface area contributed by atoms with Gasteiger partial charge >= 0.3 is 0 Å². The highest BCUT2D eigenvalue weighted by molar-refractivity contribution is 5.99. The average Bonchev–Trinajstić information content (AvgIpc) is 3.36. The second-order valence-electron chi connectivity index (χ2n) is 7.03. The summed E-state index contributed by atoms with van der Waals surface area (Å²) in [6.07, 6.45) is 5.39. The number of carbonyl (C=O) groups is 1. The quantitative estimate of drug-likeness (QED) is 0.621. The highest BCUT2D eigenvalue weighted by atomic mass is 19.1. The Bertz CT molecular complexity index is 1040. The zero-order valence-electron chi connectivity index (χ0n) is 15.8. The number of carbonyl (C=O) groups excluding carboxylic acids is 1. The normalized spacial score (nSPS) is 16.5. The van der Waals surface area contributed by atoms with E-state index in [2.05, 4.69) is 15.4 Å². The molecule has 0 unspecified atom stereocenters. The van der Waals surface area contributed by atoms with E-state index in [9.17, 15) is 13.6 Å². The number of fused-ring (bicyclic) bond motifs is 1. The number of amides is 1. The van der Waals surface area contributed by atoms with Crippen molar-refractivity contribution in [2.24, 2.45) is 5.73 Å². The molecule has 0 radical (unpaired) electrons. The van der Waals surface area contributed by atoms with Crippen LogP contribution in [0.2, 0.25) is 0 Å². The Morgan fingerprint density at radius 2 is 2.17 bits per heavy atom.